The lowest BCUT2D eigenvalue weighted by atomic mass is 10.3. The molecule has 0 atom stereocenters. The van der Waals surface area contributed by atoms with Gasteiger partial charge in [-0.3, -0.25) is 4.79 Å². The van der Waals surface area contributed by atoms with Crippen LogP contribution in [0.25, 0.3) is 5.70 Å². The van der Waals surface area contributed by atoms with Gasteiger partial charge in [0, 0.05) is 6.07 Å². The van der Waals surface area contributed by atoms with Crippen LogP contribution in [0.2, 0.25) is 0 Å². The van der Waals surface area contributed by atoms with Crippen molar-refractivity contribution in [3.63, 3.8) is 0 Å². The van der Waals surface area contributed by atoms with E-state index in [9.17, 15) is 9.59 Å². The smallest absolute Gasteiger partial charge is 0.383 e. The number of rotatable bonds is 4. The molecule has 1 rings (SSSR count). The van der Waals surface area contributed by atoms with Crippen molar-refractivity contribution in [3.8, 4) is 5.75 Å². The van der Waals surface area contributed by atoms with Crippen molar-refractivity contribution < 1.29 is 29.1 Å². The fourth-order valence-corrected chi connectivity index (χ4v) is 1.08. The second-order valence-electron chi connectivity index (χ2n) is 2.80. The summed E-state index contributed by atoms with van der Waals surface area (Å²) in [4.78, 5) is 21.7. The molecular formula is C10H10NO5+. The number of aliphatic hydroxyl groups excluding tert-OH is 1. The topological polar surface area (TPSA) is 87.7 Å². The Hall–Kier alpha value is -2.37. The van der Waals surface area contributed by atoms with Crippen molar-refractivity contribution in [2.24, 2.45) is 0 Å². The van der Waals surface area contributed by atoms with Crippen LogP contribution in [0.15, 0.2) is 30.8 Å². The number of aliphatic carboxylic acids is 1. The summed E-state index contributed by atoms with van der Waals surface area (Å²) in [5.74, 6) is -2.42. The lowest BCUT2D eigenvalue weighted by Gasteiger charge is -1.99. The molecule has 1 aromatic heterocycles. The minimum Gasteiger partial charge on any atom is -0.509 e. The molecule has 0 fully saturated rings. The van der Waals surface area contributed by atoms with Gasteiger partial charge in [-0.2, -0.15) is 4.57 Å². The van der Waals surface area contributed by atoms with Gasteiger partial charge in [0.25, 0.3) is 0 Å². The Morgan fingerprint density at radius 2 is 2.19 bits per heavy atom. The third-order valence-electron chi connectivity index (χ3n) is 1.84. The molecule has 1 heterocycles. The Balaban J connectivity index is 3.15. The first kappa shape index (κ1) is 11.7. The molecule has 0 radical (unpaired) electrons. The van der Waals surface area contributed by atoms with Gasteiger partial charge in [0.1, 0.15) is 0 Å². The van der Waals surface area contributed by atoms with Crippen molar-refractivity contribution in [1.29, 1.82) is 0 Å². The van der Waals surface area contributed by atoms with E-state index in [1.807, 2.05) is 0 Å². The molecule has 0 aliphatic carbocycles. The lowest BCUT2D eigenvalue weighted by Crippen LogP contribution is -2.38. The van der Waals surface area contributed by atoms with E-state index in [4.69, 9.17) is 14.9 Å². The van der Waals surface area contributed by atoms with Gasteiger partial charge in [-0.1, -0.05) is 0 Å². The van der Waals surface area contributed by atoms with Crippen molar-refractivity contribution >= 4 is 17.4 Å². The summed E-state index contributed by atoms with van der Waals surface area (Å²) in [7, 11) is 1.43. The van der Waals surface area contributed by atoms with Crippen LogP contribution in [0, 0.1) is 0 Å². The highest BCUT2D eigenvalue weighted by Gasteiger charge is 2.27. The largest absolute Gasteiger partial charge is 0.509 e. The number of carboxylic acid groups (broad SMARTS) is 1. The number of carbonyl (C=O) groups excluding carboxylic acids is 1. The predicted octanol–water partition coefficient (Wildman–Crippen LogP) is -0.00720. The second-order valence-corrected chi connectivity index (χ2v) is 2.80. The highest BCUT2D eigenvalue weighted by atomic mass is 16.5. The Kier molecular flexibility index (Phi) is 3.60. The van der Waals surface area contributed by atoms with E-state index in [0.717, 1.165) is 4.57 Å². The molecule has 0 bridgehead atoms. The summed E-state index contributed by atoms with van der Waals surface area (Å²) in [5, 5.41) is 17.4. The number of Topliss-reactive ketones (excluding diaryl/α,β-unsaturated/α-hetero) is 1. The van der Waals surface area contributed by atoms with Gasteiger partial charge in [0.2, 0.25) is 6.20 Å². The summed E-state index contributed by atoms with van der Waals surface area (Å²) in [5.41, 5.74) is -0.369. The fourth-order valence-electron chi connectivity index (χ4n) is 1.08. The summed E-state index contributed by atoms with van der Waals surface area (Å²) >= 11 is 0. The number of methoxy groups -OCH3 is 1. The number of hydrogen-bond donors (Lipinski definition) is 2. The predicted molar refractivity (Wildman–Crippen MR) is 52.7 cm³/mol. The molecule has 0 unspecified atom stereocenters. The first-order valence-corrected chi connectivity index (χ1v) is 4.28. The molecule has 0 amide bonds. The minimum absolute atomic E-state index is 0.369. The molecule has 0 aliphatic rings. The molecule has 0 aliphatic heterocycles. The molecule has 6 nitrogen and oxygen atoms in total. The van der Waals surface area contributed by atoms with E-state index in [1.54, 1.807) is 12.1 Å². The summed E-state index contributed by atoms with van der Waals surface area (Å²) in [6.45, 7) is 0. The third kappa shape index (κ3) is 2.35. The second kappa shape index (κ2) is 4.92. The minimum atomic E-state index is -1.64. The first-order chi connectivity index (χ1) is 7.60. The molecular weight excluding hydrogens is 214 g/mol. The number of ether oxygens (including phenoxy) is 1. The van der Waals surface area contributed by atoms with Crippen LogP contribution in [0.1, 0.15) is 0 Å². The van der Waals surface area contributed by atoms with Gasteiger partial charge in [-0.25, -0.2) is 4.79 Å². The Labute approximate surface area is 91.0 Å². The third-order valence-corrected chi connectivity index (χ3v) is 1.84. The van der Waals surface area contributed by atoms with Crippen LogP contribution >= 0.6 is 0 Å². The lowest BCUT2D eigenvalue weighted by molar-refractivity contribution is -0.578. The maximum Gasteiger partial charge on any atom is 0.383 e. The van der Waals surface area contributed by atoms with E-state index in [1.165, 1.54) is 19.5 Å². The standard InChI is InChI=1S/C10H9NO5/c1-16-7-3-2-4-11(5-7)8(6-12)9(13)10(14)15/h2-6H,1H3,(H-,12,13,14,15)/p+1. The van der Waals surface area contributed by atoms with Gasteiger partial charge in [0.05, 0.1) is 7.11 Å². The molecule has 16 heavy (non-hydrogen) atoms. The molecule has 0 saturated carbocycles. The zero-order valence-corrected chi connectivity index (χ0v) is 8.45. The number of ketones is 1. The Bertz CT molecular complexity index is 452. The maximum atomic E-state index is 11.2. The van der Waals surface area contributed by atoms with E-state index in [0.29, 0.717) is 12.0 Å². The average molecular weight is 224 g/mol. The zero-order chi connectivity index (χ0) is 12.1. The van der Waals surface area contributed by atoms with Crippen LogP contribution in [-0.4, -0.2) is 29.1 Å². The van der Waals surface area contributed by atoms with Gasteiger partial charge >= 0.3 is 17.4 Å². The number of nitrogens with zero attached hydrogens (tertiary/aromatic N) is 1. The zero-order valence-electron chi connectivity index (χ0n) is 8.45. The highest BCUT2D eigenvalue weighted by Crippen LogP contribution is 2.06. The monoisotopic (exact) mass is 224 g/mol. The Morgan fingerprint density at radius 1 is 1.50 bits per heavy atom. The molecule has 0 spiro atoms. The van der Waals surface area contributed by atoms with Crippen molar-refractivity contribution in [2.45, 2.75) is 0 Å². The molecule has 0 saturated heterocycles. The summed E-state index contributed by atoms with van der Waals surface area (Å²) in [6, 6.07) is 3.17. The fraction of sp³-hybridized carbons (Fsp3) is 0.100. The molecule has 84 valence electrons. The van der Waals surface area contributed by atoms with E-state index < -0.39 is 11.8 Å². The van der Waals surface area contributed by atoms with Gasteiger partial charge in [0.15, 0.2) is 18.2 Å². The van der Waals surface area contributed by atoms with Crippen LogP contribution < -0.4 is 9.30 Å². The van der Waals surface area contributed by atoms with Crippen molar-refractivity contribution in [3.05, 3.63) is 30.8 Å². The molecule has 6 heteroatoms. The number of hydrogen-bond acceptors (Lipinski definition) is 4. The van der Waals surface area contributed by atoms with E-state index >= 15 is 0 Å². The van der Waals surface area contributed by atoms with E-state index in [-0.39, 0.29) is 5.70 Å². The van der Waals surface area contributed by atoms with Crippen molar-refractivity contribution in [1.82, 2.24) is 0 Å². The van der Waals surface area contributed by atoms with Crippen LogP contribution in [0.3, 0.4) is 0 Å². The van der Waals surface area contributed by atoms with Crippen LogP contribution in [-0.2, 0) is 9.59 Å². The Morgan fingerprint density at radius 3 is 2.69 bits per heavy atom. The van der Waals surface area contributed by atoms with Gasteiger partial charge < -0.3 is 14.9 Å². The maximum absolute atomic E-state index is 11.2. The normalized spacial score (nSPS) is 10.9. The quantitative estimate of drug-likeness (QED) is 0.325. The van der Waals surface area contributed by atoms with E-state index in [2.05, 4.69) is 0 Å². The number of aliphatic hydroxyl groups is 1. The van der Waals surface area contributed by atoms with Crippen LogP contribution in [0.4, 0.5) is 0 Å². The number of carbonyl (C=O) groups is 2. The highest BCUT2D eigenvalue weighted by molar-refractivity contribution is 6.47. The average Bonchev–Trinajstić information content (AvgIpc) is 2.30. The summed E-state index contributed by atoms with van der Waals surface area (Å²) < 4.78 is 6.06. The molecule has 0 aromatic carbocycles. The van der Waals surface area contributed by atoms with Gasteiger partial charge in [-0.05, 0) is 6.07 Å². The van der Waals surface area contributed by atoms with Gasteiger partial charge in [-0.15, -0.1) is 0 Å². The number of carboxylic acids is 1. The number of pyridine rings is 1. The molecule has 2 N–H and O–H groups in total. The number of aromatic nitrogens is 1. The SMILES string of the molecule is COc1ccc[n+](/C(=C\O)C(=O)C(=O)O)c1. The molecule has 1 aromatic rings. The summed E-state index contributed by atoms with van der Waals surface area (Å²) in [6.07, 6.45) is 3.24. The first-order valence-electron chi connectivity index (χ1n) is 4.28. The van der Waals surface area contributed by atoms with Crippen molar-refractivity contribution in [2.75, 3.05) is 7.11 Å². The van der Waals surface area contributed by atoms with Crippen LogP contribution in [0.5, 0.6) is 5.75 Å².